The Kier molecular flexibility index (Phi) is 7.76. The van der Waals surface area contributed by atoms with Crippen LogP contribution in [0.5, 0.6) is 0 Å². The van der Waals surface area contributed by atoms with Crippen LogP contribution in [0, 0.1) is 0 Å². The maximum atomic E-state index is 12.2. The lowest BCUT2D eigenvalue weighted by atomic mass is 10.0. The summed E-state index contributed by atoms with van der Waals surface area (Å²) in [5.41, 5.74) is 2.39. The van der Waals surface area contributed by atoms with E-state index in [0.717, 1.165) is 44.6 Å². The van der Waals surface area contributed by atoms with Crippen LogP contribution in [0.3, 0.4) is 0 Å². The summed E-state index contributed by atoms with van der Waals surface area (Å²) in [6.07, 6.45) is 12.2. The highest BCUT2D eigenvalue weighted by Crippen LogP contribution is 2.20. The molecule has 2 aliphatic rings. The molecule has 0 aromatic heterocycles. The maximum Gasteiger partial charge on any atom is 0.244 e. The van der Waals surface area contributed by atoms with Crippen molar-refractivity contribution in [2.24, 2.45) is 0 Å². The first kappa shape index (κ1) is 19.9. The van der Waals surface area contributed by atoms with Gasteiger partial charge in [-0.3, -0.25) is 4.79 Å². The van der Waals surface area contributed by atoms with Crippen molar-refractivity contribution in [3.8, 4) is 0 Å². The minimum absolute atomic E-state index is 0.0283. The molecule has 0 saturated carbocycles. The van der Waals surface area contributed by atoms with E-state index in [9.17, 15) is 4.79 Å². The van der Waals surface area contributed by atoms with Gasteiger partial charge in [-0.1, -0.05) is 31.9 Å². The number of carbonyl (C=O) groups excluding carboxylic acids is 1. The molecule has 2 aliphatic heterocycles. The van der Waals surface area contributed by atoms with Gasteiger partial charge in [0.15, 0.2) is 0 Å². The fourth-order valence-electron chi connectivity index (χ4n) is 4.16. The van der Waals surface area contributed by atoms with Crippen molar-refractivity contribution in [3.05, 3.63) is 35.9 Å². The van der Waals surface area contributed by atoms with E-state index in [1.165, 1.54) is 44.3 Å². The molecule has 0 radical (unpaired) electrons. The van der Waals surface area contributed by atoms with Crippen molar-refractivity contribution in [2.45, 2.75) is 57.9 Å². The molecule has 1 amide bonds. The van der Waals surface area contributed by atoms with E-state index in [4.69, 9.17) is 0 Å². The third kappa shape index (κ3) is 6.39. The Hall–Kier alpha value is -1.81. The molecule has 1 aromatic carbocycles. The van der Waals surface area contributed by atoms with Gasteiger partial charge in [0.2, 0.25) is 5.91 Å². The summed E-state index contributed by atoms with van der Waals surface area (Å²) >= 11 is 0. The van der Waals surface area contributed by atoms with Crippen molar-refractivity contribution >= 4 is 17.7 Å². The van der Waals surface area contributed by atoms with Crippen LogP contribution in [0.1, 0.15) is 57.4 Å². The van der Waals surface area contributed by atoms with Crippen LogP contribution in [0.25, 0.3) is 6.08 Å². The second-order valence-electron chi connectivity index (χ2n) is 7.95. The van der Waals surface area contributed by atoms with Crippen molar-refractivity contribution in [2.75, 3.05) is 37.6 Å². The van der Waals surface area contributed by atoms with Gasteiger partial charge in [-0.2, -0.15) is 0 Å². The molecule has 1 N–H and O–H groups in total. The highest BCUT2D eigenvalue weighted by molar-refractivity contribution is 5.91. The molecule has 3 rings (SSSR count). The lowest BCUT2D eigenvalue weighted by molar-refractivity contribution is -0.117. The molecule has 0 bridgehead atoms. The molecule has 2 fully saturated rings. The van der Waals surface area contributed by atoms with Crippen molar-refractivity contribution in [3.63, 3.8) is 0 Å². The van der Waals surface area contributed by atoms with Crippen LogP contribution in [0.2, 0.25) is 0 Å². The van der Waals surface area contributed by atoms with E-state index < -0.39 is 0 Å². The smallest absolute Gasteiger partial charge is 0.244 e. The number of hydrogen-bond acceptors (Lipinski definition) is 3. The van der Waals surface area contributed by atoms with Gasteiger partial charge in [-0.25, -0.2) is 0 Å². The van der Waals surface area contributed by atoms with Gasteiger partial charge < -0.3 is 15.1 Å². The standard InChI is InChI=1S/C23H35N3O/c1-2-15-25-18-13-21(14-19-25)24-23(27)12-9-20-7-10-22(11-8-20)26-16-5-3-4-6-17-26/h7-12,21H,2-6,13-19H2,1H3,(H,24,27)/b12-9+. The van der Waals surface area contributed by atoms with Crippen LogP contribution < -0.4 is 10.2 Å². The first-order chi connectivity index (χ1) is 13.2. The summed E-state index contributed by atoms with van der Waals surface area (Å²) in [6, 6.07) is 8.93. The summed E-state index contributed by atoms with van der Waals surface area (Å²) < 4.78 is 0. The number of carbonyl (C=O) groups is 1. The molecule has 148 valence electrons. The Labute approximate surface area is 164 Å². The SMILES string of the molecule is CCCN1CCC(NC(=O)/C=C/c2ccc(N3CCCCCC3)cc2)CC1. The molecular weight excluding hydrogens is 334 g/mol. The minimum atomic E-state index is 0.0283. The molecule has 2 saturated heterocycles. The Morgan fingerprint density at radius 2 is 1.70 bits per heavy atom. The van der Waals surface area contributed by atoms with Gasteiger partial charge in [-0.05, 0) is 62.4 Å². The van der Waals surface area contributed by atoms with Crippen LogP contribution in [0.15, 0.2) is 30.3 Å². The van der Waals surface area contributed by atoms with E-state index in [1.54, 1.807) is 6.08 Å². The molecule has 27 heavy (non-hydrogen) atoms. The number of hydrogen-bond donors (Lipinski definition) is 1. The summed E-state index contributed by atoms with van der Waals surface area (Å²) in [4.78, 5) is 17.2. The van der Waals surface area contributed by atoms with Crippen molar-refractivity contribution in [1.82, 2.24) is 10.2 Å². The number of nitrogens with zero attached hydrogens (tertiary/aromatic N) is 2. The number of nitrogens with one attached hydrogen (secondary N) is 1. The zero-order valence-electron chi connectivity index (χ0n) is 16.8. The average molecular weight is 370 g/mol. The number of likely N-dealkylation sites (tertiary alicyclic amines) is 1. The molecule has 0 aliphatic carbocycles. The van der Waals surface area contributed by atoms with Gasteiger partial charge in [0.1, 0.15) is 0 Å². The number of benzene rings is 1. The van der Waals surface area contributed by atoms with Crippen LogP contribution >= 0.6 is 0 Å². The second-order valence-corrected chi connectivity index (χ2v) is 7.95. The van der Waals surface area contributed by atoms with Gasteiger partial charge >= 0.3 is 0 Å². The van der Waals surface area contributed by atoms with E-state index >= 15 is 0 Å². The molecule has 0 spiro atoms. The largest absolute Gasteiger partial charge is 0.372 e. The lowest BCUT2D eigenvalue weighted by Crippen LogP contribution is -2.44. The topological polar surface area (TPSA) is 35.6 Å². The molecule has 0 unspecified atom stereocenters. The summed E-state index contributed by atoms with van der Waals surface area (Å²) in [5.74, 6) is 0.0283. The molecular formula is C23H35N3O. The Balaban J connectivity index is 1.45. The number of piperidine rings is 1. The predicted octanol–water partition coefficient (Wildman–Crippen LogP) is 4.07. The highest BCUT2D eigenvalue weighted by atomic mass is 16.1. The van der Waals surface area contributed by atoms with Crippen molar-refractivity contribution in [1.29, 1.82) is 0 Å². The van der Waals surface area contributed by atoms with E-state index in [1.807, 2.05) is 6.08 Å². The summed E-state index contributed by atoms with van der Waals surface area (Å²) in [5, 5.41) is 3.16. The third-order valence-corrected chi connectivity index (χ3v) is 5.77. The average Bonchev–Trinajstić information content (AvgIpc) is 2.98. The van der Waals surface area contributed by atoms with Crippen LogP contribution in [0.4, 0.5) is 5.69 Å². The first-order valence-corrected chi connectivity index (χ1v) is 10.8. The first-order valence-electron chi connectivity index (χ1n) is 10.8. The Bertz CT molecular complexity index is 595. The quantitative estimate of drug-likeness (QED) is 0.768. The monoisotopic (exact) mass is 369 g/mol. The molecule has 2 heterocycles. The zero-order valence-corrected chi connectivity index (χ0v) is 16.8. The fraction of sp³-hybridized carbons (Fsp3) is 0.609. The second kappa shape index (κ2) is 10.5. The fourth-order valence-corrected chi connectivity index (χ4v) is 4.16. The van der Waals surface area contributed by atoms with Gasteiger partial charge in [-0.15, -0.1) is 0 Å². The molecule has 4 heteroatoms. The lowest BCUT2D eigenvalue weighted by Gasteiger charge is -2.31. The Morgan fingerprint density at radius 1 is 1.04 bits per heavy atom. The van der Waals surface area contributed by atoms with Crippen molar-refractivity contribution < 1.29 is 4.79 Å². The Morgan fingerprint density at radius 3 is 2.33 bits per heavy atom. The summed E-state index contributed by atoms with van der Waals surface area (Å²) in [6.45, 7) is 7.91. The molecule has 0 atom stereocenters. The minimum Gasteiger partial charge on any atom is -0.372 e. The molecule has 1 aromatic rings. The van der Waals surface area contributed by atoms with Crippen LogP contribution in [-0.2, 0) is 4.79 Å². The third-order valence-electron chi connectivity index (χ3n) is 5.77. The summed E-state index contributed by atoms with van der Waals surface area (Å²) in [7, 11) is 0. The highest BCUT2D eigenvalue weighted by Gasteiger charge is 2.19. The van der Waals surface area contributed by atoms with Crippen LogP contribution in [-0.4, -0.2) is 49.6 Å². The number of anilines is 1. The predicted molar refractivity (Wildman–Crippen MR) is 114 cm³/mol. The van der Waals surface area contributed by atoms with E-state index in [-0.39, 0.29) is 5.91 Å². The van der Waals surface area contributed by atoms with Gasteiger partial charge in [0.05, 0.1) is 0 Å². The number of amides is 1. The van der Waals surface area contributed by atoms with E-state index in [0.29, 0.717) is 6.04 Å². The normalized spacial score (nSPS) is 20.0. The number of rotatable bonds is 6. The van der Waals surface area contributed by atoms with E-state index in [2.05, 4.69) is 46.3 Å². The molecule has 4 nitrogen and oxygen atoms in total. The maximum absolute atomic E-state index is 12.2. The van der Waals surface area contributed by atoms with Gasteiger partial charge in [0.25, 0.3) is 0 Å². The van der Waals surface area contributed by atoms with Gasteiger partial charge in [0, 0.05) is 44.0 Å². The zero-order chi connectivity index (χ0) is 18.9.